The van der Waals surface area contributed by atoms with Crippen LogP contribution in [0.2, 0.25) is 5.02 Å². The van der Waals surface area contributed by atoms with Gasteiger partial charge in [-0.15, -0.1) is 0 Å². The molecule has 3 aliphatic rings. The van der Waals surface area contributed by atoms with Gasteiger partial charge in [-0.3, -0.25) is 19.4 Å². The van der Waals surface area contributed by atoms with Crippen LogP contribution in [0, 0.1) is 24.1 Å². The van der Waals surface area contributed by atoms with E-state index in [1.54, 1.807) is 12.1 Å². The molecule has 0 radical (unpaired) electrons. The SMILES string of the molecule is Cc1cc(-c2ccc(F)cn2)cc(Cl)c1C1C(=O)CC2(CCN(C(=O)C3CC3)CC2)CC1=O. The van der Waals surface area contributed by atoms with E-state index in [1.807, 2.05) is 17.9 Å². The van der Waals surface area contributed by atoms with E-state index in [1.165, 1.54) is 6.07 Å². The first-order valence-corrected chi connectivity index (χ1v) is 11.9. The quantitative estimate of drug-likeness (QED) is 0.602. The first kappa shape index (κ1) is 22.2. The van der Waals surface area contributed by atoms with E-state index in [2.05, 4.69) is 4.98 Å². The molecule has 0 N–H and O–H groups in total. The third kappa shape index (κ3) is 4.21. The number of carbonyl (C=O) groups is 3. The maximum atomic E-state index is 13.3. The van der Waals surface area contributed by atoms with Crippen molar-refractivity contribution in [1.82, 2.24) is 9.88 Å². The monoisotopic (exact) mass is 468 g/mol. The minimum atomic E-state index is -0.857. The lowest BCUT2D eigenvalue weighted by Gasteiger charge is -2.44. The average Bonchev–Trinajstić information content (AvgIpc) is 3.61. The Labute approximate surface area is 197 Å². The number of amides is 1. The first-order chi connectivity index (χ1) is 15.8. The lowest BCUT2D eigenvalue weighted by atomic mass is 9.63. The molecular weight excluding hydrogens is 443 g/mol. The zero-order chi connectivity index (χ0) is 23.3. The number of Topliss-reactive ketones (excluding diaryl/α,β-unsaturated/α-hetero) is 2. The molecule has 33 heavy (non-hydrogen) atoms. The molecule has 5 rings (SSSR count). The van der Waals surface area contributed by atoms with E-state index in [-0.39, 0.29) is 28.8 Å². The number of rotatable bonds is 3. The highest BCUT2D eigenvalue weighted by Crippen LogP contribution is 2.48. The van der Waals surface area contributed by atoms with Gasteiger partial charge in [-0.25, -0.2) is 4.39 Å². The van der Waals surface area contributed by atoms with Gasteiger partial charge in [-0.1, -0.05) is 11.6 Å². The average molecular weight is 469 g/mol. The van der Waals surface area contributed by atoms with Gasteiger partial charge < -0.3 is 4.90 Å². The number of benzene rings is 1. The number of aryl methyl sites for hydroxylation is 1. The van der Waals surface area contributed by atoms with Crippen molar-refractivity contribution < 1.29 is 18.8 Å². The van der Waals surface area contributed by atoms with Gasteiger partial charge in [-0.2, -0.15) is 0 Å². The van der Waals surface area contributed by atoms with Crippen molar-refractivity contribution >= 4 is 29.1 Å². The summed E-state index contributed by atoms with van der Waals surface area (Å²) in [5.74, 6) is -1.04. The Morgan fingerprint density at radius 3 is 2.33 bits per heavy atom. The topological polar surface area (TPSA) is 67.3 Å². The Morgan fingerprint density at radius 2 is 1.79 bits per heavy atom. The molecule has 1 spiro atoms. The highest BCUT2D eigenvalue weighted by molar-refractivity contribution is 6.32. The summed E-state index contributed by atoms with van der Waals surface area (Å²) in [5.41, 5.74) is 2.25. The van der Waals surface area contributed by atoms with Crippen molar-refractivity contribution in [2.75, 3.05) is 13.1 Å². The Bertz CT molecular complexity index is 1090. The summed E-state index contributed by atoms with van der Waals surface area (Å²) in [4.78, 5) is 45.0. The van der Waals surface area contributed by atoms with E-state index < -0.39 is 11.7 Å². The predicted molar refractivity (Wildman–Crippen MR) is 122 cm³/mol. The molecule has 2 aliphatic carbocycles. The fourth-order valence-electron chi connectivity index (χ4n) is 5.47. The fraction of sp³-hybridized carbons (Fsp3) is 0.462. The molecule has 1 aromatic carbocycles. The highest BCUT2D eigenvalue weighted by Gasteiger charge is 2.48. The van der Waals surface area contributed by atoms with Gasteiger partial charge in [0.25, 0.3) is 0 Å². The molecule has 2 aromatic rings. The number of likely N-dealkylation sites (tertiary alicyclic amines) is 1. The number of carbonyl (C=O) groups excluding carboxylic acids is 3. The van der Waals surface area contributed by atoms with Crippen molar-refractivity contribution in [2.24, 2.45) is 11.3 Å². The molecule has 1 saturated heterocycles. The zero-order valence-corrected chi connectivity index (χ0v) is 19.3. The van der Waals surface area contributed by atoms with Crippen molar-refractivity contribution in [1.29, 1.82) is 0 Å². The Morgan fingerprint density at radius 1 is 1.12 bits per heavy atom. The molecule has 1 aliphatic heterocycles. The third-order valence-electron chi connectivity index (χ3n) is 7.45. The van der Waals surface area contributed by atoms with Crippen LogP contribution in [-0.4, -0.2) is 40.4 Å². The lowest BCUT2D eigenvalue weighted by Crippen LogP contribution is -2.48. The number of hydrogen-bond acceptors (Lipinski definition) is 4. The van der Waals surface area contributed by atoms with Gasteiger partial charge >= 0.3 is 0 Å². The second kappa shape index (κ2) is 8.32. The van der Waals surface area contributed by atoms with E-state index in [0.717, 1.165) is 24.6 Å². The molecule has 0 bridgehead atoms. The molecule has 1 amide bonds. The summed E-state index contributed by atoms with van der Waals surface area (Å²) in [6, 6.07) is 6.43. The van der Waals surface area contributed by atoms with Crippen molar-refractivity contribution in [3.63, 3.8) is 0 Å². The standard InChI is InChI=1S/C26H26ClFN2O3/c1-15-10-17(20-5-4-18(28)14-29-20)11-19(27)23(15)24-21(31)12-26(13-22(24)32)6-8-30(9-7-26)25(33)16-2-3-16/h4-5,10-11,14,16,24H,2-3,6-9,12-13H2,1H3. The van der Waals surface area contributed by atoms with E-state index >= 15 is 0 Å². The van der Waals surface area contributed by atoms with Gasteiger partial charge in [-0.05, 0) is 73.4 Å². The van der Waals surface area contributed by atoms with Crippen LogP contribution in [0.5, 0.6) is 0 Å². The summed E-state index contributed by atoms with van der Waals surface area (Å²) < 4.78 is 13.2. The summed E-state index contributed by atoms with van der Waals surface area (Å²) >= 11 is 6.60. The normalized spacial score (nSPS) is 21.0. The number of aromatic nitrogens is 1. The van der Waals surface area contributed by atoms with Gasteiger partial charge in [0.2, 0.25) is 5.91 Å². The molecule has 2 heterocycles. The minimum Gasteiger partial charge on any atom is -0.342 e. The van der Waals surface area contributed by atoms with Crippen LogP contribution in [-0.2, 0) is 14.4 Å². The predicted octanol–water partition coefficient (Wildman–Crippen LogP) is 4.88. The van der Waals surface area contributed by atoms with Crippen molar-refractivity contribution in [2.45, 2.75) is 51.4 Å². The summed E-state index contributed by atoms with van der Waals surface area (Å²) in [6.07, 6.45) is 5.17. The molecule has 5 nitrogen and oxygen atoms in total. The zero-order valence-electron chi connectivity index (χ0n) is 18.6. The van der Waals surface area contributed by atoms with E-state index in [9.17, 15) is 18.8 Å². The number of ketones is 2. The maximum absolute atomic E-state index is 13.3. The Hall–Kier alpha value is -2.60. The Balaban J connectivity index is 1.35. The van der Waals surface area contributed by atoms with Gasteiger partial charge in [0.15, 0.2) is 0 Å². The minimum absolute atomic E-state index is 0.0918. The maximum Gasteiger partial charge on any atom is 0.225 e. The molecule has 0 atom stereocenters. The van der Waals surface area contributed by atoms with Crippen LogP contribution in [0.3, 0.4) is 0 Å². The number of hydrogen-bond donors (Lipinski definition) is 0. The fourth-order valence-corrected chi connectivity index (χ4v) is 5.84. The molecule has 172 valence electrons. The largest absolute Gasteiger partial charge is 0.342 e. The molecular formula is C26H26ClFN2O3. The van der Waals surface area contributed by atoms with Gasteiger partial charge in [0.05, 0.1) is 11.9 Å². The summed E-state index contributed by atoms with van der Waals surface area (Å²) in [5, 5.41) is 0.351. The molecule has 7 heteroatoms. The first-order valence-electron chi connectivity index (χ1n) is 11.5. The van der Waals surface area contributed by atoms with E-state index in [4.69, 9.17) is 11.6 Å². The third-order valence-corrected chi connectivity index (χ3v) is 7.77. The second-order valence-corrected chi connectivity index (χ2v) is 10.3. The molecule has 3 fully saturated rings. The van der Waals surface area contributed by atoms with Crippen LogP contribution < -0.4 is 0 Å². The smallest absolute Gasteiger partial charge is 0.225 e. The van der Waals surface area contributed by atoms with Gasteiger partial charge in [0.1, 0.15) is 23.3 Å². The van der Waals surface area contributed by atoms with Crippen molar-refractivity contribution in [3.8, 4) is 11.3 Å². The van der Waals surface area contributed by atoms with Gasteiger partial charge in [0, 0.05) is 42.4 Å². The van der Waals surface area contributed by atoms with Crippen LogP contribution in [0.4, 0.5) is 4.39 Å². The Kier molecular flexibility index (Phi) is 5.60. The molecule has 2 saturated carbocycles. The van der Waals surface area contributed by atoms with E-state index in [0.29, 0.717) is 60.6 Å². The number of halogens is 2. The molecule has 0 unspecified atom stereocenters. The number of pyridine rings is 1. The molecule has 1 aromatic heterocycles. The van der Waals surface area contributed by atoms with Crippen molar-refractivity contribution in [3.05, 3.63) is 52.4 Å². The lowest BCUT2D eigenvalue weighted by molar-refractivity contribution is -0.140. The highest BCUT2D eigenvalue weighted by atomic mass is 35.5. The second-order valence-electron chi connectivity index (χ2n) is 9.87. The van der Waals surface area contributed by atoms with Crippen LogP contribution in [0.1, 0.15) is 55.6 Å². The number of piperidine rings is 1. The number of nitrogens with zero attached hydrogens (tertiary/aromatic N) is 2. The van der Waals surface area contributed by atoms with Crippen LogP contribution in [0.15, 0.2) is 30.5 Å². The van der Waals surface area contributed by atoms with Crippen LogP contribution >= 0.6 is 11.6 Å². The summed E-state index contributed by atoms with van der Waals surface area (Å²) in [6.45, 7) is 3.08. The summed E-state index contributed by atoms with van der Waals surface area (Å²) in [7, 11) is 0. The van der Waals surface area contributed by atoms with Crippen LogP contribution in [0.25, 0.3) is 11.3 Å².